The minimum atomic E-state index is -6.00. The molecule has 1 saturated carbocycles. The van der Waals surface area contributed by atoms with Crippen molar-refractivity contribution in [1.29, 1.82) is 0 Å². The summed E-state index contributed by atoms with van der Waals surface area (Å²) in [4.78, 5) is 0. The van der Waals surface area contributed by atoms with Crippen LogP contribution in [0.2, 0.25) is 0 Å². The molecule has 1 nitrogen and oxygen atoms in total. The van der Waals surface area contributed by atoms with Crippen molar-refractivity contribution in [3.63, 3.8) is 0 Å². The summed E-state index contributed by atoms with van der Waals surface area (Å²) in [6.07, 6.45) is 2.80. The van der Waals surface area contributed by atoms with E-state index in [1.54, 1.807) is 0 Å². The minimum absolute atomic E-state index is 0. The van der Waals surface area contributed by atoms with Gasteiger partial charge in [0, 0.05) is 13.2 Å². The van der Waals surface area contributed by atoms with Crippen LogP contribution in [0, 0.1) is 11.8 Å². The molecule has 0 N–H and O–H groups in total. The van der Waals surface area contributed by atoms with Gasteiger partial charge in [-0.1, -0.05) is 0 Å². The predicted molar refractivity (Wildman–Crippen MR) is 64.7 cm³/mol. The summed E-state index contributed by atoms with van der Waals surface area (Å²) in [5.74, 6) is 2.06. The standard InChI is InChI=1S/C6H10O.3BF4.K.H/c1-2-7-4-6-3-5(1)6;3*2-1(3,4)5;;/h5-6H,1-4H2;;;;;/q;3*-1;;. The van der Waals surface area contributed by atoms with E-state index < -0.39 is 21.8 Å². The van der Waals surface area contributed by atoms with Crippen molar-refractivity contribution in [2.75, 3.05) is 13.2 Å². The molecule has 138 valence electrons. The SMILES string of the molecule is C1CC2CC2CO1.F[B-](F)(F)F.F[B-](F)(F)F.F[B-](F)(F)F.[KH]. The van der Waals surface area contributed by atoms with Crippen LogP contribution in [0.4, 0.5) is 51.8 Å². The summed E-state index contributed by atoms with van der Waals surface area (Å²) >= 11 is 0. The maximum atomic E-state index is 9.75. The molecule has 0 aromatic rings. The molecule has 2 unspecified atom stereocenters. The van der Waals surface area contributed by atoms with Gasteiger partial charge in [0.05, 0.1) is 0 Å². The third kappa shape index (κ3) is 51.8. The molecule has 17 heteroatoms. The number of hydrogen-bond acceptors (Lipinski definition) is 1. The van der Waals surface area contributed by atoms with E-state index in [9.17, 15) is 51.8 Å². The molecule has 1 aliphatic carbocycles. The Labute approximate surface area is 166 Å². The molecule has 0 spiro atoms. The first-order valence-corrected chi connectivity index (χ1v) is 5.66. The Hall–Kier alpha value is 0.951. The van der Waals surface area contributed by atoms with E-state index in [0.717, 1.165) is 25.0 Å². The van der Waals surface area contributed by atoms with Gasteiger partial charge >= 0.3 is 73.1 Å². The maximum absolute atomic E-state index is 9.75. The zero-order valence-electron chi connectivity index (χ0n) is 10.7. The van der Waals surface area contributed by atoms with E-state index >= 15 is 0 Å². The number of ether oxygens (including phenoxy) is 1. The first-order chi connectivity index (χ1) is 9.47. The van der Waals surface area contributed by atoms with Gasteiger partial charge in [0.25, 0.3) is 0 Å². The molecule has 0 radical (unpaired) electrons. The molecule has 23 heavy (non-hydrogen) atoms. The number of fused-ring (bicyclic) bond motifs is 1. The van der Waals surface area contributed by atoms with Crippen molar-refractivity contribution in [2.24, 2.45) is 11.8 Å². The molecule has 2 aliphatic rings. The first-order valence-electron chi connectivity index (χ1n) is 5.66. The van der Waals surface area contributed by atoms with Crippen molar-refractivity contribution in [3.8, 4) is 0 Å². The molecule has 2 rings (SSSR count). The fourth-order valence-corrected chi connectivity index (χ4v) is 1.34. The third-order valence-electron chi connectivity index (χ3n) is 2.03. The number of halogens is 12. The van der Waals surface area contributed by atoms with Crippen LogP contribution < -0.4 is 0 Å². The van der Waals surface area contributed by atoms with E-state index in [4.69, 9.17) is 4.74 Å². The van der Waals surface area contributed by atoms with Crippen molar-refractivity contribution < 1.29 is 56.5 Å². The quantitative estimate of drug-likeness (QED) is 0.437. The third-order valence-corrected chi connectivity index (χ3v) is 2.03. The summed E-state index contributed by atoms with van der Waals surface area (Å²) in [6, 6.07) is 0. The molecule has 0 aromatic heterocycles. The van der Waals surface area contributed by atoms with Crippen LogP contribution in [0.1, 0.15) is 12.8 Å². The second-order valence-corrected chi connectivity index (χ2v) is 4.10. The van der Waals surface area contributed by atoms with E-state index in [1.165, 1.54) is 12.8 Å². The predicted octanol–water partition coefficient (Wildman–Crippen LogP) is 4.29. The summed E-state index contributed by atoms with van der Waals surface area (Å²) in [5, 5.41) is 0. The van der Waals surface area contributed by atoms with Crippen LogP contribution in [0.25, 0.3) is 0 Å². The fourth-order valence-electron chi connectivity index (χ4n) is 1.34. The van der Waals surface area contributed by atoms with Gasteiger partial charge in [-0.05, 0) is 24.7 Å². The number of hydrogen-bond donors (Lipinski definition) is 0. The average molecular weight is 399 g/mol. The van der Waals surface area contributed by atoms with Gasteiger partial charge in [-0.15, -0.1) is 0 Å². The van der Waals surface area contributed by atoms with E-state index in [1.807, 2.05) is 0 Å². The Morgan fingerprint density at radius 2 is 0.913 bits per heavy atom. The van der Waals surface area contributed by atoms with Crippen LogP contribution in [0.5, 0.6) is 0 Å². The average Bonchev–Trinajstić information content (AvgIpc) is 2.86. The number of rotatable bonds is 0. The monoisotopic (exact) mass is 399 g/mol. The fraction of sp³-hybridized carbons (Fsp3) is 1.00. The zero-order valence-corrected chi connectivity index (χ0v) is 10.7. The van der Waals surface area contributed by atoms with Crippen molar-refractivity contribution in [3.05, 3.63) is 0 Å². The molecule has 1 saturated heterocycles. The van der Waals surface area contributed by atoms with Gasteiger partial charge in [0.2, 0.25) is 0 Å². The molecule has 0 bridgehead atoms. The molecule has 0 aromatic carbocycles. The van der Waals surface area contributed by atoms with Crippen molar-refractivity contribution in [2.45, 2.75) is 12.8 Å². The summed E-state index contributed by atoms with van der Waals surface area (Å²) in [7, 11) is -18.0. The van der Waals surface area contributed by atoms with Gasteiger partial charge in [-0.3, -0.25) is 0 Å². The van der Waals surface area contributed by atoms with Gasteiger partial charge in [0.15, 0.2) is 0 Å². The van der Waals surface area contributed by atoms with E-state index in [2.05, 4.69) is 0 Å². The second kappa shape index (κ2) is 12.3. The van der Waals surface area contributed by atoms with Crippen LogP contribution in [0.3, 0.4) is 0 Å². The van der Waals surface area contributed by atoms with Crippen LogP contribution >= 0.6 is 0 Å². The molecular weight excluding hydrogens is 388 g/mol. The van der Waals surface area contributed by atoms with Gasteiger partial charge in [-0.2, -0.15) is 0 Å². The molecule has 2 fully saturated rings. The van der Waals surface area contributed by atoms with E-state index in [-0.39, 0.29) is 51.4 Å². The normalized spacial score (nSPS) is 22.4. The van der Waals surface area contributed by atoms with Crippen LogP contribution in [0.15, 0.2) is 0 Å². The van der Waals surface area contributed by atoms with Gasteiger partial charge < -0.3 is 56.5 Å². The van der Waals surface area contributed by atoms with Gasteiger partial charge in [-0.25, -0.2) is 0 Å². The zero-order chi connectivity index (χ0) is 18.2. The van der Waals surface area contributed by atoms with Crippen molar-refractivity contribution >= 4 is 73.1 Å². The molecule has 0 amide bonds. The van der Waals surface area contributed by atoms with Crippen molar-refractivity contribution in [1.82, 2.24) is 0 Å². The van der Waals surface area contributed by atoms with Crippen LogP contribution in [-0.4, -0.2) is 86.4 Å². The van der Waals surface area contributed by atoms with E-state index in [0.29, 0.717) is 0 Å². The molecule has 1 aliphatic heterocycles. The summed E-state index contributed by atoms with van der Waals surface area (Å²) < 4.78 is 122. The van der Waals surface area contributed by atoms with Crippen LogP contribution in [-0.2, 0) is 4.74 Å². The summed E-state index contributed by atoms with van der Waals surface area (Å²) in [5.41, 5.74) is 0. The molecular formula is C6H11B3F12KO-3. The Morgan fingerprint density at radius 1 is 0.609 bits per heavy atom. The Balaban J connectivity index is -0.000000233. The Morgan fingerprint density at radius 3 is 1.09 bits per heavy atom. The Kier molecular flexibility index (Phi) is 15.4. The molecule has 2 atom stereocenters. The first kappa shape index (κ1) is 28.7. The second-order valence-electron chi connectivity index (χ2n) is 4.10. The topological polar surface area (TPSA) is 9.23 Å². The Bertz CT molecular complexity index is 237. The molecule has 1 heterocycles. The van der Waals surface area contributed by atoms with Gasteiger partial charge in [0.1, 0.15) is 0 Å². The summed E-state index contributed by atoms with van der Waals surface area (Å²) in [6.45, 7) is 2.09.